The predicted molar refractivity (Wildman–Crippen MR) is 165 cm³/mol. The van der Waals surface area contributed by atoms with E-state index in [0.717, 1.165) is 5.56 Å². The summed E-state index contributed by atoms with van der Waals surface area (Å²) in [5, 5.41) is 5.14. The number of aldehydes is 1. The molecule has 12 nitrogen and oxygen atoms in total. The number of rotatable bonds is 16. The normalized spacial score (nSPS) is 14.8. The third-order valence-corrected chi connectivity index (χ3v) is 6.82. The minimum absolute atomic E-state index is 0.0476. The lowest BCUT2D eigenvalue weighted by Crippen LogP contribution is -2.62. The molecule has 1 rings (SSSR count). The highest BCUT2D eigenvalue weighted by Gasteiger charge is 2.40. The van der Waals surface area contributed by atoms with E-state index in [9.17, 15) is 28.8 Å². The van der Waals surface area contributed by atoms with E-state index in [4.69, 9.17) is 15.2 Å². The maximum Gasteiger partial charge on any atom is 0.408 e. The average molecular weight is 619 g/mol. The number of carbonyl (C=O) groups excluding carboxylic acids is 6. The summed E-state index contributed by atoms with van der Waals surface area (Å²) in [6.45, 7) is 13.7. The molecule has 0 unspecified atom stereocenters. The van der Waals surface area contributed by atoms with Gasteiger partial charge in [-0.1, -0.05) is 64.4 Å². The van der Waals surface area contributed by atoms with Crippen molar-refractivity contribution in [3.8, 4) is 0 Å². The molecular formula is C32H50N4O8. The van der Waals surface area contributed by atoms with Gasteiger partial charge in [0.1, 0.15) is 30.6 Å². The molecule has 0 radical (unpaired) electrons. The van der Waals surface area contributed by atoms with Gasteiger partial charge in [0.05, 0.1) is 12.1 Å². The van der Waals surface area contributed by atoms with Crippen molar-refractivity contribution in [3.63, 3.8) is 0 Å². The SMILES string of the molecule is CC[C@H](C)[C@H](NC(=O)OCc1ccccc1)C(=O)N(C(=O)[C@@H](N)CCC(=O)OC(C)(C)C)[C@@H](C)C(=O)N[C@H](C=O)CC(C)C. The van der Waals surface area contributed by atoms with Crippen LogP contribution in [0.3, 0.4) is 0 Å². The molecule has 0 aliphatic rings. The number of hydrogen-bond acceptors (Lipinski definition) is 9. The van der Waals surface area contributed by atoms with E-state index in [1.54, 1.807) is 58.9 Å². The first-order chi connectivity index (χ1) is 20.5. The van der Waals surface area contributed by atoms with Crippen LogP contribution in [0.1, 0.15) is 86.6 Å². The molecule has 0 aromatic heterocycles. The largest absolute Gasteiger partial charge is 0.460 e. The lowest BCUT2D eigenvalue weighted by atomic mass is 9.96. The molecule has 246 valence electrons. The predicted octanol–water partition coefficient (Wildman–Crippen LogP) is 3.25. The summed E-state index contributed by atoms with van der Waals surface area (Å²) < 4.78 is 10.6. The van der Waals surface area contributed by atoms with Crippen LogP contribution in [0.2, 0.25) is 0 Å². The van der Waals surface area contributed by atoms with Gasteiger partial charge >= 0.3 is 12.1 Å². The van der Waals surface area contributed by atoms with Gasteiger partial charge in [0, 0.05) is 6.42 Å². The monoisotopic (exact) mass is 618 g/mol. The number of alkyl carbamates (subject to hydrolysis) is 1. The van der Waals surface area contributed by atoms with Gasteiger partial charge in [0.25, 0.3) is 5.91 Å². The van der Waals surface area contributed by atoms with Crippen LogP contribution in [-0.2, 0) is 40.1 Å². The van der Waals surface area contributed by atoms with Crippen LogP contribution in [-0.4, -0.2) is 70.7 Å². The van der Waals surface area contributed by atoms with Crippen LogP contribution >= 0.6 is 0 Å². The first kappa shape index (κ1) is 38.2. The molecule has 0 heterocycles. The summed E-state index contributed by atoms with van der Waals surface area (Å²) in [4.78, 5) is 78.4. The van der Waals surface area contributed by atoms with Crippen molar-refractivity contribution in [2.45, 2.75) is 117 Å². The third-order valence-electron chi connectivity index (χ3n) is 6.82. The number of nitrogens with zero attached hydrogens (tertiary/aromatic N) is 1. The lowest BCUT2D eigenvalue weighted by molar-refractivity contribution is -0.156. The first-order valence-electron chi connectivity index (χ1n) is 15.1. The minimum Gasteiger partial charge on any atom is -0.460 e. The fourth-order valence-corrected chi connectivity index (χ4v) is 4.26. The topological polar surface area (TPSA) is 174 Å². The molecule has 44 heavy (non-hydrogen) atoms. The molecule has 0 aliphatic heterocycles. The average Bonchev–Trinajstić information content (AvgIpc) is 2.95. The van der Waals surface area contributed by atoms with Crippen molar-refractivity contribution in [1.29, 1.82) is 0 Å². The van der Waals surface area contributed by atoms with Gasteiger partial charge in [-0.3, -0.25) is 24.1 Å². The van der Waals surface area contributed by atoms with Crippen molar-refractivity contribution < 1.29 is 38.2 Å². The van der Waals surface area contributed by atoms with Gasteiger partial charge in [0.2, 0.25) is 11.8 Å². The molecule has 0 bridgehead atoms. The highest BCUT2D eigenvalue weighted by atomic mass is 16.6. The van der Waals surface area contributed by atoms with Gasteiger partial charge in [-0.05, 0) is 57.9 Å². The summed E-state index contributed by atoms with van der Waals surface area (Å²) in [6.07, 6.45) is 0.138. The van der Waals surface area contributed by atoms with E-state index in [1.165, 1.54) is 6.92 Å². The Hall–Kier alpha value is -3.80. The number of nitrogens with two attached hydrogens (primary N) is 1. The van der Waals surface area contributed by atoms with E-state index >= 15 is 0 Å². The van der Waals surface area contributed by atoms with Gasteiger partial charge in [-0.15, -0.1) is 0 Å². The number of hydrogen-bond donors (Lipinski definition) is 3. The summed E-state index contributed by atoms with van der Waals surface area (Å²) in [7, 11) is 0. The summed E-state index contributed by atoms with van der Waals surface area (Å²) in [6, 6.07) is 4.12. The Morgan fingerprint density at radius 3 is 2.11 bits per heavy atom. The molecule has 4 N–H and O–H groups in total. The van der Waals surface area contributed by atoms with Crippen molar-refractivity contribution in [2.75, 3.05) is 0 Å². The minimum atomic E-state index is -1.40. The molecule has 0 spiro atoms. The molecule has 5 atom stereocenters. The molecule has 12 heteroatoms. The number of carbonyl (C=O) groups is 6. The van der Waals surface area contributed by atoms with Crippen LogP contribution in [0.15, 0.2) is 30.3 Å². The Bertz CT molecular complexity index is 1120. The lowest BCUT2D eigenvalue weighted by Gasteiger charge is -2.34. The molecule has 1 aromatic rings. The van der Waals surface area contributed by atoms with E-state index in [0.29, 0.717) is 24.0 Å². The standard InChI is InChI=1S/C32H50N4O8/c1-9-21(4)27(35-31(42)43-19-23-13-11-10-12-14-23)30(41)36(22(5)28(39)34-24(18-37)17-20(2)3)29(40)25(33)15-16-26(38)44-32(6,7)8/h10-14,18,20-22,24-25,27H,9,15-17,19,33H2,1-8H3,(H,34,39)(H,35,42)/t21-,22-,24-,25-,27-/m0/s1. The fourth-order valence-electron chi connectivity index (χ4n) is 4.26. The number of ether oxygens (including phenoxy) is 2. The molecule has 4 amide bonds. The maximum absolute atomic E-state index is 14.0. The van der Waals surface area contributed by atoms with Gasteiger partial charge in [-0.2, -0.15) is 0 Å². The highest BCUT2D eigenvalue weighted by molar-refractivity contribution is 6.05. The molecule has 0 saturated carbocycles. The third kappa shape index (κ3) is 13.2. The Morgan fingerprint density at radius 1 is 0.977 bits per heavy atom. The second-order valence-electron chi connectivity index (χ2n) is 12.4. The first-order valence-corrected chi connectivity index (χ1v) is 15.1. The number of imide groups is 1. The van der Waals surface area contributed by atoms with E-state index < -0.39 is 65.5 Å². The van der Waals surface area contributed by atoms with Gasteiger partial charge < -0.3 is 30.6 Å². The number of benzene rings is 1. The summed E-state index contributed by atoms with van der Waals surface area (Å²) in [5.41, 5.74) is 6.16. The molecule has 0 saturated heterocycles. The van der Waals surface area contributed by atoms with Crippen LogP contribution in [0.25, 0.3) is 0 Å². The van der Waals surface area contributed by atoms with E-state index in [1.807, 2.05) is 19.9 Å². The van der Waals surface area contributed by atoms with Crippen molar-refractivity contribution in [1.82, 2.24) is 15.5 Å². The van der Waals surface area contributed by atoms with Crippen LogP contribution in [0, 0.1) is 11.8 Å². The maximum atomic E-state index is 14.0. The zero-order valence-corrected chi connectivity index (χ0v) is 27.3. The van der Waals surface area contributed by atoms with Crippen LogP contribution in [0.4, 0.5) is 4.79 Å². The van der Waals surface area contributed by atoms with E-state index in [2.05, 4.69) is 10.6 Å². The van der Waals surface area contributed by atoms with Crippen molar-refractivity contribution in [2.24, 2.45) is 17.6 Å². The van der Waals surface area contributed by atoms with Crippen molar-refractivity contribution in [3.05, 3.63) is 35.9 Å². The van der Waals surface area contributed by atoms with Crippen LogP contribution < -0.4 is 16.4 Å². The van der Waals surface area contributed by atoms with E-state index in [-0.39, 0.29) is 25.4 Å². The van der Waals surface area contributed by atoms with Gasteiger partial charge in [0.15, 0.2) is 0 Å². The molecule has 1 aromatic carbocycles. The smallest absolute Gasteiger partial charge is 0.408 e. The second kappa shape index (κ2) is 18.1. The zero-order valence-electron chi connectivity index (χ0n) is 27.3. The fraction of sp³-hybridized carbons (Fsp3) is 0.625. The summed E-state index contributed by atoms with van der Waals surface area (Å²) in [5.74, 6) is -3.50. The van der Waals surface area contributed by atoms with Gasteiger partial charge in [-0.25, -0.2) is 4.79 Å². The molecule has 0 fully saturated rings. The quantitative estimate of drug-likeness (QED) is 0.186. The number of esters is 1. The Labute approximate surface area is 260 Å². The Kier molecular flexibility index (Phi) is 15.7. The molecule has 0 aliphatic carbocycles. The number of amides is 4. The van der Waals surface area contributed by atoms with Crippen molar-refractivity contribution >= 4 is 36.1 Å². The Morgan fingerprint density at radius 2 is 1.59 bits per heavy atom. The zero-order chi connectivity index (χ0) is 33.6. The Balaban J connectivity index is 3.29. The van der Waals surface area contributed by atoms with Crippen LogP contribution in [0.5, 0.6) is 0 Å². The highest BCUT2D eigenvalue weighted by Crippen LogP contribution is 2.17. The molecular weight excluding hydrogens is 568 g/mol. The second-order valence-corrected chi connectivity index (χ2v) is 12.4. The summed E-state index contributed by atoms with van der Waals surface area (Å²) >= 11 is 0. The number of nitrogens with one attached hydrogen (secondary N) is 2.